The fourth-order valence-electron chi connectivity index (χ4n) is 2.02. The number of imidazole rings is 1. The van der Waals surface area contributed by atoms with Crippen LogP contribution in [0.5, 0.6) is 0 Å². The second-order valence-corrected chi connectivity index (χ2v) is 4.55. The van der Waals surface area contributed by atoms with Gasteiger partial charge < -0.3 is 4.98 Å². The first-order valence-corrected chi connectivity index (χ1v) is 5.93. The smallest absolute Gasteiger partial charge is 0.333 e. The topological polar surface area (TPSA) is 41.6 Å². The molecule has 0 aliphatic carbocycles. The van der Waals surface area contributed by atoms with Crippen molar-refractivity contribution in [3.63, 3.8) is 0 Å². The molecule has 2 heterocycles. The van der Waals surface area contributed by atoms with Gasteiger partial charge in [-0.25, -0.2) is 9.97 Å². The molecule has 0 fully saturated rings. The Balaban J connectivity index is 2.11. The number of alkyl halides is 3. The minimum Gasteiger partial charge on any atom is -0.333 e. The molecule has 0 amide bonds. The van der Waals surface area contributed by atoms with E-state index in [4.69, 9.17) is 0 Å². The summed E-state index contributed by atoms with van der Waals surface area (Å²) in [5.41, 5.74) is 3.06. The molecule has 20 heavy (non-hydrogen) atoms. The van der Waals surface area contributed by atoms with E-state index in [0.717, 1.165) is 16.7 Å². The predicted octanol–water partition coefficient (Wildman–Crippen LogP) is 3.95. The summed E-state index contributed by atoms with van der Waals surface area (Å²) in [5.74, 6) is -1.03. The summed E-state index contributed by atoms with van der Waals surface area (Å²) in [7, 11) is 0. The van der Waals surface area contributed by atoms with Crippen LogP contribution < -0.4 is 0 Å². The van der Waals surface area contributed by atoms with Crippen LogP contribution in [0.2, 0.25) is 0 Å². The molecule has 0 bridgehead atoms. The van der Waals surface area contributed by atoms with E-state index in [1.165, 1.54) is 6.20 Å². The van der Waals surface area contributed by atoms with Crippen LogP contribution in [-0.2, 0) is 6.18 Å². The van der Waals surface area contributed by atoms with Gasteiger partial charge in [-0.3, -0.25) is 0 Å². The molecule has 6 heteroatoms. The number of nitrogens with one attached hydrogen (secondary N) is 1. The molecule has 2 aromatic heterocycles. The largest absolute Gasteiger partial charge is 0.449 e. The van der Waals surface area contributed by atoms with Gasteiger partial charge in [0.05, 0.1) is 5.52 Å². The van der Waals surface area contributed by atoms with E-state index in [-0.39, 0.29) is 11.2 Å². The highest BCUT2D eigenvalue weighted by Gasteiger charge is 2.34. The highest BCUT2D eigenvalue weighted by atomic mass is 19.4. The van der Waals surface area contributed by atoms with Crippen molar-refractivity contribution in [2.45, 2.75) is 13.1 Å². The molecule has 1 aromatic carbocycles. The third kappa shape index (κ3) is 2.24. The van der Waals surface area contributed by atoms with Crippen LogP contribution in [0.4, 0.5) is 13.2 Å². The number of benzene rings is 1. The van der Waals surface area contributed by atoms with Crippen LogP contribution in [0.25, 0.3) is 22.3 Å². The summed E-state index contributed by atoms with van der Waals surface area (Å²) in [6.45, 7) is 1.95. The first-order chi connectivity index (χ1) is 9.43. The molecule has 1 N–H and O–H groups in total. The number of aryl methyl sites for hydroxylation is 1. The number of H-pyrrole nitrogens is 1. The highest BCUT2D eigenvalue weighted by molar-refractivity contribution is 5.78. The second-order valence-electron chi connectivity index (χ2n) is 4.55. The summed E-state index contributed by atoms with van der Waals surface area (Å²) in [6.07, 6.45) is -2.97. The molecule has 0 atom stereocenters. The Labute approximate surface area is 112 Å². The number of hydrogen-bond donors (Lipinski definition) is 1. The number of pyridine rings is 1. The van der Waals surface area contributed by atoms with E-state index >= 15 is 0 Å². The quantitative estimate of drug-likeness (QED) is 0.731. The van der Waals surface area contributed by atoms with Crippen molar-refractivity contribution in [2.75, 3.05) is 0 Å². The van der Waals surface area contributed by atoms with Gasteiger partial charge in [0.25, 0.3) is 0 Å². The van der Waals surface area contributed by atoms with E-state index in [1.807, 2.05) is 31.2 Å². The monoisotopic (exact) mass is 277 g/mol. The minimum atomic E-state index is -4.50. The maximum absolute atomic E-state index is 12.6. The maximum atomic E-state index is 12.6. The van der Waals surface area contributed by atoms with Crippen molar-refractivity contribution in [1.82, 2.24) is 15.0 Å². The van der Waals surface area contributed by atoms with Gasteiger partial charge >= 0.3 is 6.18 Å². The minimum absolute atomic E-state index is 0.0636. The molecular weight excluding hydrogens is 267 g/mol. The van der Waals surface area contributed by atoms with Gasteiger partial charge in [-0.2, -0.15) is 13.2 Å². The second kappa shape index (κ2) is 4.33. The lowest BCUT2D eigenvalue weighted by Crippen LogP contribution is -2.06. The normalized spacial score (nSPS) is 12.0. The zero-order valence-electron chi connectivity index (χ0n) is 10.5. The molecule has 0 radical (unpaired) electrons. The van der Waals surface area contributed by atoms with E-state index in [1.54, 1.807) is 6.07 Å². The van der Waals surface area contributed by atoms with Crippen molar-refractivity contribution in [3.05, 3.63) is 47.9 Å². The number of rotatable bonds is 1. The Hall–Kier alpha value is -2.37. The van der Waals surface area contributed by atoms with Crippen LogP contribution in [0, 0.1) is 6.92 Å². The van der Waals surface area contributed by atoms with Crippen LogP contribution in [0.15, 0.2) is 36.5 Å². The lowest BCUT2D eigenvalue weighted by molar-refractivity contribution is -0.144. The van der Waals surface area contributed by atoms with Gasteiger partial charge in [0.15, 0.2) is 5.65 Å². The maximum Gasteiger partial charge on any atom is 0.449 e. The summed E-state index contributed by atoms with van der Waals surface area (Å²) < 4.78 is 37.7. The number of hydrogen-bond acceptors (Lipinski definition) is 2. The van der Waals surface area contributed by atoms with E-state index < -0.39 is 12.0 Å². The number of nitrogens with zero attached hydrogens (tertiary/aromatic N) is 2. The fraction of sp³-hybridized carbons (Fsp3) is 0.143. The molecule has 0 unspecified atom stereocenters. The molecule has 0 aliphatic heterocycles. The Morgan fingerprint density at radius 2 is 1.90 bits per heavy atom. The number of aromatic amines is 1. The molecule has 0 aliphatic rings. The summed E-state index contributed by atoms with van der Waals surface area (Å²) in [5, 5.41) is 0. The van der Waals surface area contributed by atoms with Crippen LogP contribution in [0.3, 0.4) is 0 Å². The molecule has 3 aromatic rings. The summed E-state index contributed by atoms with van der Waals surface area (Å²) in [4.78, 5) is 9.69. The summed E-state index contributed by atoms with van der Waals surface area (Å²) >= 11 is 0. The molecular formula is C14H10F3N3. The summed E-state index contributed by atoms with van der Waals surface area (Å²) in [6, 6.07) is 9.30. The molecule has 3 rings (SSSR count). The number of halogens is 3. The van der Waals surface area contributed by atoms with Gasteiger partial charge in [-0.1, -0.05) is 29.8 Å². The third-order valence-electron chi connectivity index (χ3n) is 2.96. The predicted molar refractivity (Wildman–Crippen MR) is 69.1 cm³/mol. The number of fused-ring (bicyclic) bond motifs is 1. The van der Waals surface area contributed by atoms with E-state index in [2.05, 4.69) is 15.0 Å². The Kier molecular flexibility index (Phi) is 2.74. The van der Waals surface area contributed by atoms with E-state index in [9.17, 15) is 13.2 Å². The standard InChI is InChI=1S/C14H10F3N3/c1-8-3-2-4-9(5-8)10-6-11-12(18-7-10)20-13(19-11)14(15,16)17/h2-7H,1H3,(H,18,19,20). The van der Waals surface area contributed by atoms with Gasteiger partial charge in [-0.15, -0.1) is 0 Å². The Bertz CT molecular complexity index is 775. The van der Waals surface area contributed by atoms with Crippen LogP contribution in [0.1, 0.15) is 11.4 Å². The first-order valence-electron chi connectivity index (χ1n) is 5.93. The lowest BCUT2D eigenvalue weighted by Gasteiger charge is -2.02. The fourth-order valence-corrected chi connectivity index (χ4v) is 2.02. The zero-order chi connectivity index (χ0) is 14.3. The average Bonchev–Trinajstić information content (AvgIpc) is 2.81. The zero-order valence-corrected chi connectivity index (χ0v) is 10.5. The van der Waals surface area contributed by atoms with Crippen molar-refractivity contribution in [1.29, 1.82) is 0 Å². The van der Waals surface area contributed by atoms with Gasteiger partial charge in [0.2, 0.25) is 5.82 Å². The molecule has 0 saturated heterocycles. The van der Waals surface area contributed by atoms with E-state index in [0.29, 0.717) is 0 Å². The van der Waals surface area contributed by atoms with Crippen molar-refractivity contribution >= 4 is 11.2 Å². The van der Waals surface area contributed by atoms with Gasteiger partial charge in [-0.05, 0) is 18.6 Å². The van der Waals surface area contributed by atoms with Crippen molar-refractivity contribution < 1.29 is 13.2 Å². The highest BCUT2D eigenvalue weighted by Crippen LogP contribution is 2.29. The molecule has 3 nitrogen and oxygen atoms in total. The Morgan fingerprint density at radius 1 is 1.10 bits per heavy atom. The first kappa shape index (κ1) is 12.7. The van der Waals surface area contributed by atoms with Gasteiger partial charge in [0.1, 0.15) is 0 Å². The lowest BCUT2D eigenvalue weighted by atomic mass is 10.1. The third-order valence-corrected chi connectivity index (χ3v) is 2.96. The Morgan fingerprint density at radius 3 is 2.60 bits per heavy atom. The van der Waals surface area contributed by atoms with Crippen LogP contribution in [-0.4, -0.2) is 15.0 Å². The van der Waals surface area contributed by atoms with Crippen molar-refractivity contribution in [3.8, 4) is 11.1 Å². The van der Waals surface area contributed by atoms with Crippen LogP contribution >= 0.6 is 0 Å². The molecule has 0 spiro atoms. The number of aromatic nitrogens is 3. The average molecular weight is 277 g/mol. The van der Waals surface area contributed by atoms with Crippen molar-refractivity contribution in [2.24, 2.45) is 0 Å². The molecule has 102 valence electrons. The molecule has 0 saturated carbocycles. The van der Waals surface area contributed by atoms with Gasteiger partial charge in [0, 0.05) is 11.8 Å². The SMILES string of the molecule is Cc1cccc(-c2cnc3nc(C(F)(F)F)[nH]c3c2)c1.